The number of benzene rings is 1. The summed E-state index contributed by atoms with van der Waals surface area (Å²) in [4.78, 5) is 11.2. The summed E-state index contributed by atoms with van der Waals surface area (Å²) in [6, 6.07) is 7.39. The third kappa shape index (κ3) is 3.56. The topological polar surface area (TPSA) is 68.7 Å². The van der Waals surface area contributed by atoms with Crippen LogP contribution in [0.5, 0.6) is 5.75 Å². The van der Waals surface area contributed by atoms with Crippen molar-refractivity contribution in [2.45, 2.75) is 18.6 Å². The molecule has 0 unspecified atom stereocenters. The van der Waals surface area contributed by atoms with Gasteiger partial charge in [-0.05, 0) is 24.3 Å². The lowest BCUT2D eigenvalue weighted by Crippen LogP contribution is -2.45. The van der Waals surface area contributed by atoms with Crippen LogP contribution in [0.15, 0.2) is 30.5 Å². The van der Waals surface area contributed by atoms with Gasteiger partial charge in [0.1, 0.15) is 11.6 Å². The number of piperidine rings is 1. The molecule has 26 heavy (non-hydrogen) atoms. The van der Waals surface area contributed by atoms with Gasteiger partial charge in [0, 0.05) is 37.8 Å². The average Bonchev–Trinajstić information content (AvgIpc) is 3.11. The van der Waals surface area contributed by atoms with E-state index in [-0.39, 0.29) is 5.79 Å². The van der Waals surface area contributed by atoms with Crippen LogP contribution in [-0.4, -0.2) is 49.2 Å². The maximum Gasteiger partial charge on any atom is 0.229 e. The van der Waals surface area contributed by atoms with Crippen LogP contribution in [0.2, 0.25) is 5.02 Å². The van der Waals surface area contributed by atoms with E-state index >= 15 is 0 Å². The number of ether oxygens (including phenoxy) is 3. The highest BCUT2D eigenvalue weighted by Crippen LogP contribution is 2.33. The number of hydrogen-bond acceptors (Lipinski definition) is 7. The second kappa shape index (κ2) is 7.26. The zero-order valence-electron chi connectivity index (χ0n) is 14.6. The largest absolute Gasteiger partial charge is 0.495 e. The summed E-state index contributed by atoms with van der Waals surface area (Å²) >= 11 is 6.17. The predicted octanol–water partition coefficient (Wildman–Crippen LogP) is 3.23. The summed E-state index contributed by atoms with van der Waals surface area (Å²) in [6.45, 7) is 3.05. The number of aromatic nitrogens is 2. The highest BCUT2D eigenvalue weighted by molar-refractivity contribution is 6.32. The van der Waals surface area contributed by atoms with Crippen molar-refractivity contribution in [1.29, 1.82) is 0 Å². The van der Waals surface area contributed by atoms with Gasteiger partial charge in [0.15, 0.2) is 5.79 Å². The summed E-state index contributed by atoms with van der Waals surface area (Å²) in [6.07, 6.45) is 3.43. The molecule has 1 N–H and O–H groups in total. The molecule has 2 aromatic rings. The van der Waals surface area contributed by atoms with Crippen molar-refractivity contribution in [3.8, 4) is 5.75 Å². The first-order valence-corrected chi connectivity index (χ1v) is 9.02. The molecule has 2 aliphatic rings. The lowest BCUT2D eigenvalue weighted by Gasteiger charge is -2.38. The van der Waals surface area contributed by atoms with E-state index in [2.05, 4.69) is 20.2 Å². The quantitative estimate of drug-likeness (QED) is 0.878. The second-order valence-electron chi connectivity index (χ2n) is 6.31. The molecule has 2 saturated heterocycles. The van der Waals surface area contributed by atoms with Gasteiger partial charge in [-0.3, -0.25) is 0 Å². The molecule has 1 aromatic heterocycles. The molecule has 138 valence electrons. The Morgan fingerprint density at radius 2 is 1.96 bits per heavy atom. The van der Waals surface area contributed by atoms with E-state index in [4.69, 9.17) is 25.8 Å². The summed E-state index contributed by atoms with van der Waals surface area (Å²) in [5.74, 6) is 1.66. The molecule has 0 aliphatic carbocycles. The summed E-state index contributed by atoms with van der Waals surface area (Å²) in [7, 11) is 1.59. The van der Waals surface area contributed by atoms with E-state index in [1.54, 1.807) is 25.4 Å². The van der Waals surface area contributed by atoms with Crippen molar-refractivity contribution >= 4 is 29.1 Å². The van der Waals surface area contributed by atoms with Gasteiger partial charge in [-0.1, -0.05) is 11.6 Å². The van der Waals surface area contributed by atoms with Gasteiger partial charge in [-0.25, -0.2) is 4.98 Å². The number of halogens is 1. The number of anilines is 3. The highest BCUT2D eigenvalue weighted by Gasteiger charge is 2.40. The Balaban J connectivity index is 1.44. The summed E-state index contributed by atoms with van der Waals surface area (Å²) in [5.41, 5.74) is 0.804. The Labute approximate surface area is 157 Å². The molecule has 0 saturated carbocycles. The zero-order chi connectivity index (χ0) is 18.0. The number of rotatable bonds is 4. The molecule has 8 heteroatoms. The third-order valence-electron chi connectivity index (χ3n) is 4.71. The minimum absolute atomic E-state index is 0.384. The number of nitrogens with zero attached hydrogens (tertiary/aromatic N) is 3. The Bertz CT molecular complexity index is 773. The van der Waals surface area contributed by atoms with Crippen molar-refractivity contribution in [3.05, 3.63) is 35.5 Å². The summed E-state index contributed by atoms with van der Waals surface area (Å²) < 4.78 is 16.7. The molecule has 7 nitrogen and oxygen atoms in total. The maximum absolute atomic E-state index is 6.17. The Morgan fingerprint density at radius 1 is 1.19 bits per heavy atom. The Kier molecular flexibility index (Phi) is 4.84. The minimum Gasteiger partial charge on any atom is -0.495 e. The fraction of sp³-hybridized carbons (Fsp3) is 0.444. The minimum atomic E-state index is -0.384. The van der Waals surface area contributed by atoms with Gasteiger partial charge in [0.2, 0.25) is 5.95 Å². The molecule has 3 heterocycles. The van der Waals surface area contributed by atoms with E-state index in [9.17, 15) is 0 Å². The van der Waals surface area contributed by atoms with Crippen molar-refractivity contribution in [1.82, 2.24) is 9.97 Å². The fourth-order valence-electron chi connectivity index (χ4n) is 3.32. The van der Waals surface area contributed by atoms with Crippen LogP contribution in [0.3, 0.4) is 0 Å². The monoisotopic (exact) mass is 376 g/mol. The van der Waals surface area contributed by atoms with Crippen molar-refractivity contribution in [3.63, 3.8) is 0 Å². The Hall–Kier alpha value is -2.09. The first kappa shape index (κ1) is 17.3. The van der Waals surface area contributed by atoms with E-state index in [1.165, 1.54) is 0 Å². The first-order chi connectivity index (χ1) is 12.7. The molecule has 0 atom stereocenters. The van der Waals surface area contributed by atoms with Gasteiger partial charge in [0.05, 0.1) is 25.3 Å². The van der Waals surface area contributed by atoms with Crippen molar-refractivity contribution < 1.29 is 14.2 Å². The standard InChI is InChI=1S/C18H21ClN4O3/c1-24-15-3-2-13(12-14(15)19)21-17-20-7-4-16(22-17)23-8-5-18(6-9-23)25-10-11-26-18/h2-4,7,12H,5-6,8-11H2,1H3,(H,20,21,22). The third-order valence-corrected chi connectivity index (χ3v) is 5.01. The highest BCUT2D eigenvalue weighted by atomic mass is 35.5. The normalized spacial score (nSPS) is 18.9. The molecule has 4 rings (SSSR count). The van der Waals surface area contributed by atoms with E-state index in [0.29, 0.717) is 29.9 Å². The number of hydrogen-bond donors (Lipinski definition) is 1. The molecule has 2 aliphatic heterocycles. The van der Waals surface area contributed by atoms with Gasteiger partial charge >= 0.3 is 0 Å². The van der Waals surface area contributed by atoms with Gasteiger partial charge < -0.3 is 24.4 Å². The maximum atomic E-state index is 6.17. The van der Waals surface area contributed by atoms with E-state index in [0.717, 1.165) is 37.4 Å². The lowest BCUT2D eigenvalue weighted by atomic mass is 10.0. The van der Waals surface area contributed by atoms with Crippen LogP contribution >= 0.6 is 11.6 Å². The van der Waals surface area contributed by atoms with Crippen LogP contribution in [0.4, 0.5) is 17.5 Å². The lowest BCUT2D eigenvalue weighted by molar-refractivity contribution is -0.169. The second-order valence-corrected chi connectivity index (χ2v) is 6.71. The smallest absolute Gasteiger partial charge is 0.229 e. The van der Waals surface area contributed by atoms with Crippen LogP contribution in [0.25, 0.3) is 0 Å². The first-order valence-electron chi connectivity index (χ1n) is 8.64. The van der Waals surface area contributed by atoms with E-state index < -0.39 is 0 Å². The predicted molar refractivity (Wildman–Crippen MR) is 99.4 cm³/mol. The summed E-state index contributed by atoms with van der Waals surface area (Å²) in [5, 5.41) is 3.72. The molecule has 2 fully saturated rings. The van der Waals surface area contributed by atoms with Crippen LogP contribution in [-0.2, 0) is 9.47 Å². The molecular formula is C18H21ClN4O3. The van der Waals surface area contributed by atoms with Gasteiger partial charge in [-0.15, -0.1) is 0 Å². The van der Waals surface area contributed by atoms with Gasteiger partial charge in [-0.2, -0.15) is 4.98 Å². The molecule has 0 amide bonds. The molecule has 1 aromatic carbocycles. The van der Waals surface area contributed by atoms with Crippen LogP contribution in [0.1, 0.15) is 12.8 Å². The Morgan fingerprint density at radius 3 is 2.65 bits per heavy atom. The SMILES string of the molecule is COc1ccc(Nc2nccc(N3CCC4(CC3)OCCO4)n2)cc1Cl. The van der Waals surface area contributed by atoms with Crippen LogP contribution < -0.4 is 15.0 Å². The van der Waals surface area contributed by atoms with E-state index in [1.807, 2.05) is 12.1 Å². The van der Waals surface area contributed by atoms with Crippen LogP contribution in [0, 0.1) is 0 Å². The van der Waals surface area contributed by atoms with Crippen molar-refractivity contribution in [2.24, 2.45) is 0 Å². The average molecular weight is 377 g/mol. The zero-order valence-corrected chi connectivity index (χ0v) is 15.3. The van der Waals surface area contributed by atoms with Crippen molar-refractivity contribution in [2.75, 3.05) is 43.6 Å². The fourth-order valence-corrected chi connectivity index (χ4v) is 3.58. The molecule has 0 radical (unpaired) electrons. The molecule has 1 spiro atoms. The number of nitrogens with one attached hydrogen (secondary N) is 1. The number of methoxy groups -OCH3 is 1. The molecular weight excluding hydrogens is 356 g/mol. The van der Waals surface area contributed by atoms with Gasteiger partial charge in [0.25, 0.3) is 0 Å². The molecule has 0 bridgehead atoms.